The molecule has 0 aliphatic heterocycles. The van der Waals surface area contributed by atoms with Crippen molar-refractivity contribution in [3.05, 3.63) is 91.4 Å². The first-order valence-electron chi connectivity index (χ1n) is 8.66. The second-order valence-corrected chi connectivity index (χ2v) is 6.50. The van der Waals surface area contributed by atoms with Gasteiger partial charge in [-0.1, -0.05) is 53.2 Å². The Morgan fingerprint density at radius 2 is 1.44 bits per heavy atom. The first-order chi connectivity index (χ1) is 12.9. The summed E-state index contributed by atoms with van der Waals surface area (Å²) in [5.41, 5.74) is 4.51. The predicted molar refractivity (Wildman–Crippen MR) is 106 cm³/mol. The number of pyridine rings is 1. The monoisotopic (exact) mass is 527 g/mol. The summed E-state index contributed by atoms with van der Waals surface area (Å²) in [6.07, 6.45) is 5.86. The van der Waals surface area contributed by atoms with Crippen molar-refractivity contribution in [1.29, 1.82) is 0 Å². The van der Waals surface area contributed by atoms with Gasteiger partial charge in [0.15, 0.2) is 0 Å². The standard InChI is InChI=1S/C23H14N3.Pt/c1-3-9-20-16(6-1)17-7-2-4-10-21(17)26(20)22-11-5-8-19-18(22)12-14-25-15-13-24-23(19)25;/h1-7,9-15H;/q-1;. The van der Waals surface area contributed by atoms with Crippen molar-refractivity contribution >= 4 is 38.2 Å². The van der Waals surface area contributed by atoms with E-state index in [1.165, 1.54) is 21.8 Å². The Kier molecular flexibility index (Phi) is 3.66. The van der Waals surface area contributed by atoms with E-state index in [2.05, 4.69) is 82.5 Å². The van der Waals surface area contributed by atoms with Crippen molar-refractivity contribution in [2.45, 2.75) is 0 Å². The predicted octanol–water partition coefficient (Wildman–Crippen LogP) is 5.38. The quantitative estimate of drug-likeness (QED) is 0.263. The van der Waals surface area contributed by atoms with Gasteiger partial charge in [0.25, 0.3) is 0 Å². The molecule has 0 unspecified atom stereocenters. The molecular weight excluding hydrogens is 513 g/mol. The van der Waals surface area contributed by atoms with E-state index in [1.807, 2.05) is 22.9 Å². The molecule has 3 nitrogen and oxygen atoms in total. The van der Waals surface area contributed by atoms with Gasteiger partial charge in [-0.3, -0.25) is 4.98 Å². The molecule has 0 N–H and O–H groups in total. The van der Waals surface area contributed by atoms with Gasteiger partial charge in [-0.2, -0.15) is 0 Å². The fourth-order valence-electron chi connectivity index (χ4n) is 4.01. The van der Waals surface area contributed by atoms with E-state index in [-0.39, 0.29) is 21.1 Å². The molecule has 0 amide bonds. The third kappa shape index (κ3) is 2.22. The summed E-state index contributed by atoms with van der Waals surface area (Å²) >= 11 is 0. The van der Waals surface area contributed by atoms with Crippen molar-refractivity contribution in [1.82, 2.24) is 14.0 Å². The summed E-state index contributed by atoms with van der Waals surface area (Å²) in [7, 11) is 0. The van der Waals surface area contributed by atoms with Crippen LogP contribution in [0.4, 0.5) is 0 Å². The number of imidazole rings is 1. The Labute approximate surface area is 170 Å². The van der Waals surface area contributed by atoms with Crippen molar-refractivity contribution in [2.75, 3.05) is 0 Å². The van der Waals surface area contributed by atoms with Gasteiger partial charge in [-0.05, 0) is 24.0 Å². The SMILES string of the molecule is [Pt].[c-]1ccc(-n2c3ccccc3c3ccccc32)c2ccn3ccnc3c12. The molecule has 27 heavy (non-hydrogen) atoms. The van der Waals surface area contributed by atoms with Crippen LogP contribution in [0.25, 0.3) is 43.9 Å². The van der Waals surface area contributed by atoms with Gasteiger partial charge in [-0.15, -0.1) is 18.2 Å². The normalized spacial score (nSPS) is 11.4. The molecule has 0 saturated carbocycles. The molecule has 0 fully saturated rings. The number of para-hydroxylation sites is 2. The number of rotatable bonds is 1. The largest absolute Gasteiger partial charge is 0.347 e. The van der Waals surface area contributed by atoms with Crippen LogP contribution in [0, 0.1) is 6.07 Å². The van der Waals surface area contributed by atoms with E-state index in [4.69, 9.17) is 0 Å². The van der Waals surface area contributed by atoms with Gasteiger partial charge < -0.3 is 8.97 Å². The average Bonchev–Trinajstić information content (AvgIpc) is 3.30. The number of nitrogens with zero attached hydrogens (tertiary/aromatic N) is 3. The Morgan fingerprint density at radius 3 is 2.19 bits per heavy atom. The van der Waals surface area contributed by atoms with Gasteiger partial charge in [0.2, 0.25) is 0 Å². The Morgan fingerprint density at radius 1 is 0.741 bits per heavy atom. The summed E-state index contributed by atoms with van der Waals surface area (Å²) in [5, 5.41) is 4.73. The number of aromatic nitrogens is 3. The average molecular weight is 527 g/mol. The number of hydrogen-bond donors (Lipinski definition) is 0. The van der Waals surface area contributed by atoms with E-state index in [1.54, 1.807) is 0 Å². The minimum atomic E-state index is 0. The van der Waals surface area contributed by atoms with E-state index in [9.17, 15) is 0 Å². The molecule has 3 heterocycles. The van der Waals surface area contributed by atoms with Crippen LogP contribution < -0.4 is 0 Å². The second kappa shape index (κ2) is 6.07. The molecule has 0 atom stereocenters. The number of hydrogen-bond acceptors (Lipinski definition) is 1. The van der Waals surface area contributed by atoms with Crippen LogP contribution in [-0.2, 0) is 21.1 Å². The fraction of sp³-hybridized carbons (Fsp3) is 0. The maximum Gasteiger partial charge on any atom is 0.0604 e. The molecule has 132 valence electrons. The molecular formula is C23H14N3Pt-. The second-order valence-electron chi connectivity index (χ2n) is 6.50. The van der Waals surface area contributed by atoms with E-state index in [0.717, 1.165) is 22.1 Å². The maximum atomic E-state index is 4.52. The summed E-state index contributed by atoms with van der Waals surface area (Å²) < 4.78 is 4.38. The molecule has 0 saturated heterocycles. The molecule has 3 aromatic carbocycles. The topological polar surface area (TPSA) is 22.2 Å². The molecule has 0 spiro atoms. The smallest absolute Gasteiger partial charge is 0.0604 e. The van der Waals surface area contributed by atoms with E-state index < -0.39 is 0 Å². The van der Waals surface area contributed by atoms with Gasteiger partial charge in [0.1, 0.15) is 0 Å². The molecule has 0 bridgehead atoms. The van der Waals surface area contributed by atoms with Crippen LogP contribution in [0.15, 0.2) is 85.3 Å². The molecule has 0 aliphatic carbocycles. The van der Waals surface area contributed by atoms with Crippen molar-refractivity contribution in [2.24, 2.45) is 0 Å². The fourth-order valence-corrected chi connectivity index (χ4v) is 4.01. The van der Waals surface area contributed by atoms with Crippen LogP contribution >= 0.6 is 0 Å². The van der Waals surface area contributed by atoms with Crippen LogP contribution in [0.2, 0.25) is 0 Å². The zero-order chi connectivity index (χ0) is 17.1. The van der Waals surface area contributed by atoms with Gasteiger partial charge in [0, 0.05) is 44.2 Å². The van der Waals surface area contributed by atoms with E-state index in [0.29, 0.717) is 0 Å². The molecule has 0 aliphatic rings. The Hall–Kier alpha value is -2.90. The first-order valence-corrected chi connectivity index (χ1v) is 8.66. The minimum Gasteiger partial charge on any atom is -0.347 e. The summed E-state index contributed by atoms with van der Waals surface area (Å²) in [5.74, 6) is 0. The number of fused-ring (bicyclic) bond motifs is 6. The maximum absolute atomic E-state index is 4.52. The summed E-state index contributed by atoms with van der Waals surface area (Å²) in [4.78, 5) is 4.52. The summed E-state index contributed by atoms with van der Waals surface area (Å²) in [6.45, 7) is 0. The van der Waals surface area contributed by atoms with Gasteiger partial charge >= 0.3 is 0 Å². The third-order valence-electron chi connectivity index (χ3n) is 5.13. The van der Waals surface area contributed by atoms with Crippen molar-refractivity contribution < 1.29 is 21.1 Å². The Bertz CT molecular complexity index is 1390. The Balaban J connectivity index is 0.00000160. The van der Waals surface area contributed by atoms with Crippen molar-refractivity contribution in [3.8, 4) is 5.69 Å². The molecule has 4 heteroatoms. The third-order valence-corrected chi connectivity index (χ3v) is 5.13. The van der Waals surface area contributed by atoms with Crippen molar-refractivity contribution in [3.63, 3.8) is 0 Å². The molecule has 3 aromatic heterocycles. The van der Waals surface area contributed by atoms with Crippen LogP contribution in [0.1, 0.15) is 0 Å². The molecule has 6 rings (SSSR count). The summed E-state index contributed by atoms with van der Waals surface area (Å²) in [6, 6.07) is 26.8. The van der Waals surface area contributed by atoms with E-state index >= 15 is 0 Å². The number of benzene rings is 3. The molecule has 6 aromatic rings. The van der Waals surface area contributed by atoms with Crippen LogP contribution in [0.3, 0.4) is 0 Å². The van der Waals surface area contributed by atoms with Crippen LogP contribution in [0.5, 0.6) is 0 Å². The van der Waals surface area contributed by atoms with Gasteiger partial charge in [0.05, 0.1) is 16.7 Å². The first kappa shape index (κ1) is 16.3. The minimum absolute atomic E-state index is 0. The van der Waals surface area contributed by atoms with Gasteiger partial charge in [-0.25, -0.2) is 0 Å². The van der Waals surface area contributed by atoms with Crippen LogP contribution in [-0.4, -0.2) is 14.0 Å². The molecule has 0 radical (unpaired) electrons. The zero-order valence-electron chi connectivity index (χ0n) is 14.2. The zero-order valence-corrected chi connectivity index (χ0v) is 16.5.